The van der Waals surface area contributed by atoms with Crippen LogP contribution in [0.3, 0.4) is 0 Å². The average Bonchev–Trinajstić information content (AvgIpc) is 2.94. The first-order chi connectivity index (χ1) is 11.0. The Morgan fingerprint density at radius 3 is 2.91 bits per heavy atom. The van der Waals surface area contributed by atoms with E-state index in [0.717, 1.165) is 12.5 Å². The predicted molar refractivity (Wildman–Crippen MR) is 81.4 cm³/mol. The number of carbonyl (C=O) groups is 1. The predicted octanol–water partition coefficient (Wildman–Crippen LogP) is 3.68. The van der Waals surface area contributed by atoms with Crippen LogP contribution in [0.25, 0.3) is 0 Å². The van der Waals surface area contributed by atoms with Crippen molar-refractivity contribution < 1.29 is 23.0 Å². The smallest absolute Gasteiger partial charge is 0.165 e. The Labute approximate surface area is 135 Å². The van der Waals surface area contributed by atoms with Gasteiger partial charge in [-0.1, -0.05) is 6.92 Å². The lowest BCUT2D eigenvalue weighted by atomic mass is 9.67. The number of methoxy groups -OCH3 is 1. The van der Waals surface area contributed by atoms with Crippen LogP contribution in [0, 0.1) is 23.5 Å². The van der Waals surface area contributed by atoms with Crippen molar-refractivity contribution in [1.29, 1.82) is 0 Å². The maximum Gasteiger partial charge on any atom is 0.165 e. The van der Waals surface area contributed by atoms with Gasteiger partial charge in [-0.2, -0.15) is 0 Å². The molecule has 0 radical (unpaired) electrons. The first-order valence-electron chi connectivity index (χ1n) is 8.14. The lowest BCUT2D eigenvalue weighted by Gasteiger charge is -2.42. The van der Waals surface area contributed by atoms with Crippen molar-refractivity contribution >= 4 is 5.78 Å². The summed E-state index contributed by atoms with van der Waals surface area (Å²) in [5, 5.41) is 0. The van der Waals surface area contributed by atoms with E-state index in [1.807, 2.05) is 6.92 Å². The van der Waals surface area contributed by atoms with E-state index in [2.05, 4.69) is 0 Å². The van der Waals surface area contributed by atoms with Gasteiger partial charge in [0.25, 0.3) is 0 Å². The van der Waals surface area contributed by atoms with Gasteiger partial charge >= 0.3 is 0 Å². The molecule has 3 rings (SSSR count). The van der Waals surface area contributed by atoms with Crippen molar-refractivity contribution in [3.63, 3.8) is 0 Å². The lowest BCUT2D eigenvalue weighted by molar-refractivity contribution is -0.133. The topological polar surface area (TPSA) is 35.5 Å². The summed E-state index contributed by atoms with van der Waals surface area (Å²) in [4.78, 5) is 11.7. The van der Waals surface area contributed by atoms with Gasteiger partial charge in [0.1, 0.15) is 11.6 Å². The maximum absolute atomic E-state index is 14.2. The lowest BCUT2D eigenvalue weighted by Crippen LogP contribution is -2.47. The number of hydrogen-bond donors (Lipinski definition) is 0. The van der Waals surface area contributed by atoms with E-state index in [4.69, 9.17) is 9.47 Å². The Morgan fingerprint density at radius 1 is 1.39 bits per heavy atom. The minimum absolute atomic E-state index is 0.0189. The second-order valence-electron chi connectivity index (χ2n) is 6.72. The number of fused-ring (bicyclic) bond motifs is 1. The van der Waals surface area contributed by atoms with Gasteiger partial charge in [0, 0.05) is 25.5 Å². The second-order valence-corrected chi connectivity index (χ2v) is 6.72. The van der Waals surface area contributed by atoms with Crippen molar-refractivity contribution in [3.8, 4) is 5.75 Å². The standard InChI is InChI=1S/C18H22F2O3/c1-11(7-12-8-16(20)17(22-2)10-15(12)19)18-5-3-14(21)9-13(18)4-6-23-18/h8,10-11,13H,3-7,9H2,1-2H3. The van der Waals surface area contributed by atoms with Crippen molar-refractivity contribution in [2.45, 2.75) is 44.6 Å². The van der Waals surface area contributed by atoms with E-state index in [1.165, 1.54) is 13.2 Å². The van der Waals surface area contributed by atoms with E-state index in [9.17, 15) is 13.6 Å². The Balaban J connectivity index is 1.82. The average molecular weight is 324 g/mol. The molecule has 3 unspecified atom stereocenters. The molecule has 0 bridgehead atoms. The number of carbonyl (C=O) groups excluding carboxylic acids is 1. The highest BCUT2D eigenvalue weighted by molar-refractivity contribution is 5.80. The molecular formula is C18H22F2O3. The molecule has 1 aromatic carbocycles. The molecule has 23 heavy (non-hydrogen) atoms. The van der Waals surface area contributed by atoms with Crippen molar-refractivity contribution in [2.75, 3.05) is 13.7 Å². The zero-order chi connectivity index (χ0) is 16.6. The zero-order valence-electron chi connectivity index (χ0n) is 13.5. The van der Waals surface area contributed by atoms with Gasteiger partial charge in [-0.05, 0) is 42.7 Å². The highest BCUT2D eigenvalue weighted by Crippen LogP contribution is 2.48. The van der Waals surface area contributed by atoms with Crippen LogP contribution in [-0.4, -0.2) is 25.1 Å². The fourth-order valence-corrected chi connectivity index (χ4v) is 4.19. The Hall–Kier alpha value is -1.49. The van der Waals surface area contributed by atoms with Gasteiger partial charge in [-0.3, -0.25) is 4.79 Å². The molecule has 3 atom stereocenters. The number of benzene rings is 1. The van der Waals surface area contributed by atoms with Gasteiger partial charge in [-0.15, -0.1) is 0 Å². The third kappa shape index (κ3) is 2.87. The molecule has 1 heterocycles. The second kappa shape index (κ2) is 6.19. The van der Waals surface area contributed by atoms with Crippen LogP contribution in [0.1, 0.15) is 38.2 Å². The summed E-state index contributed by atoms with van der Waals surface area (Å²) in [6.45, 7) is 2.65. The summed E-state index contributed by atoms with van der Waals surface area (Å²) in [5.74, 6) is -0.611. The number of Topliss-reactive ketones (excluding diaryl/α,β-unsaturated/α-hetero) is 1. The normalized spacial score (nSPS) is 28.5. The molecule has 1 aliphatic carbocycles. The quantitative estimate of drug-likeness (QED) is 0.847. The molecule has 1 saturated heterocycles. The summed E-state index contributed by atoms with van der Waals surface area (Å²) in [6.07, 6.45) is 3.00. The zero-order valence-corrected chi connectivity index (χ0v) is 13.5. The van der Waals surface area contributed by atoms with E-state index in [0.29, 0.717) is 37.9 Å². The van der Waals surface area contributed by atoms with Crippen LogP contribution in [0.4, 0.5) is 8.78 Å². The van der Waals surface area contributed by atoms with Crippen LogP contribution in [0.2, 0.25) is 0 Å². The third-order valence-electron chi connectivity index (χ3n) is 5.48. The maximum atomic E-state index is 14.2. The molecule has 1 aromatic rings. The van der Waals surface area contributed by atoms with Gasteiger partial charge < -0.3 is 9.47 Å². The summed E-state index contributed by atoms with van der Waals surface area (Å²) >= 11 is 0. The fraction of sp³-hybridized carbons (Fsp3) is 0.611. The van der Waals surface area contributed by atoms with E-state index in [-0.39, 0.29) is 29.0 Å². The van der Waals surface area contributed by atoms with Crippen LogP contribution in [-0.2, 0) is 16.0 Å². The van der Waals surface area contributed by atoms with Gasteiger partial charge in [0.15, 0.2) is 11.6 Å². The van der Waals surface area contributed by atoms with E-state index >= 15 is 0 Å². The van der Waals surface area contributed by atoms with Gasteiger partial charge in [-0.25, -0.2) is 8.78 Å². The van der Waals surface area contributed by atoms with Crippen LogP contribution in [0.15, 0.2) is 12.1 Å². The molecule has 5 heteroatoms. The van der Waals surface area contributed by atoms with Crippen LogP contribution < -0.4 is 4.74 Å². The minimum atomic E-state index is -0.559. The van der Waals surface area contributed by atoms with E-state index in [1.54, 1.807) is 0 Å². The summed E-state index contributed by atoms with van der Waals surface area (Å²) in [5.41, 5.74) is -0.0483. The monoisotopic (exact) mass is 324 g/mol. The largest absolute Gasteiger partial charge is 0.494 e. The van der Waals surface area contributed by atoms with Crippen molar-refractivity contribution in [1.82, 2.24) is 0 Å². The molecule has 0 aromatic heterocycles. The summed E-state index contributed by atoms with van der Waals surface area (Å²) in [6, 6.07) is 2.30. The molecule has 2 fully saturated rings. The van der Waals surface area contributed by atoms with Crippen LogP contribution in [0.5, 0.6) is 5.75 Å². The highest BCUT2D eigenvalue weighted by Gasteiger charge is 2.51. The number of halogens is 2. The molecule has 0 N–H and O–H groups in total. The molecule has 2 aliphatic rings. The molecule has 126 valence electrons. The SMILES string of the molecule is COc1cc(F)c(CC(C)C23CCC(=O)CC2CCO3)cc1F. The fourth-order valence-electron chi connectivity index (χ4n) is 4.19. The first-order valence-corrected chi connectivity index (χ1v) is 8.14. The number of hydrogen-bond acceptors (Lipinski definition) is 3. The number of ketones is 1. The Bertz CT molecular complexity index is 617. The molecule has 1 saturated carbocycles. The first kappa shape index (κ1) is 16.4. The molecule has 1 aliphatic heterocycles. The number of ether oxygens (including phenoxy) is 2. The third-order valence-corrected chi connectivity index (χ3v) is 5.48. The Kier molecular flexibility index (Phi) is 4.41. The van der Waals surface area contributed by atoms with Crippen molar-refractivity contribution in [2.24, 2.45) is 11.8 Å². The molecular weight excluding hydrogens is 302 g/mol. The van der Waals surface area contributed by atoms with Gasteiger partial charge in [0.05, 0.1) is 12.7 Å². The Morgan fingerprint density at radius 2 is 2.17 bits per heavy atom. The molecule has 3 nitrogen and oxygen atoms in total. The molecule has 0 spiro atoms. The summed E-state index contributed by atoms with van der Waals surface area (Å²) < 4.78 is 38.9. The van der Waals surface area contributed by atoms with Gasteiger partial charge in [0.2, 0.25) is 0 Å². The van der Waals surface area contributed by atoms with E-state index < -0.39 is 11.6 Å². The molecule has 0 amide bonds. The summed E-state index contributed by atoms with van der Waals surface area (Å²) in [7, 11) is 1.31. The van der Waals surface area contributed by atoms with Crippen LogP contribution >= 0.6 is 0 Å². The highest BCUT2D eigenvalue weighted by atomic mass is 19.1. The van der Waals surface area contributed by atoms with Crippen molar-refractivity contribution in [3.05, 3.63) is 29.3 Å². The number of rotatable bonds is 4. The minimum Gasteiger partial charge on any atom is -0.494 e.